The Morgan fingerprint density at radius 2 is 1.77 bits per heavy atom. The van der Waals surface area contributed by atoms with Crippen LogP contribution in [0.4, 0.5) is 0 Å². The Morgan fingerprint density at radius 3 is 2.50 bits per heavy atom. The number of benzene rings is 2. The predicted octanol–water partition coefficient (Wildman–Crippen LogP) is 3.19. The molecule has 2 aromatic rings. The van der Waals surface area contributed by atoms with Gasteiger partial charge in [0.1, 0.15) is 0 Å². The summed E-state index contributed by atoms with van der Waals surface area (Å²) in [5, 5.41) is 8.89. The molecule has 4 nitrogen and oxygen atoms in total. The summed E-state index contributed by atoms with van der Waals surface area (Å²) in [6.07, 6.45) is 1.87. The molecule has 0 radical (unpaired) electrons. The highest BCUT2D eigenvalue weighted by Crippen LogP contribution is 2.24. The molecule has 1 N–H and O–H groups in total. The monoisotopic (exact) mass is 352 g/mol. The van der Waals surface area contributed by atoms with Gasteiger partial charge in [-0.15, -0.1) is 0 Å². The van der Waals surface area contributed by atoms with E-state index in [-0.39, 0.29) is 12.5 Å². The van der Waals surface area contributed by atoms with Crippen molar-refractivity contribution < 1.29 is 9.90 Å². The summed E-state index contributed by atoms with van der Waals surface area (Å²) in [6.45, 7) is 6.73. The van der Waals surface area contributed by atoms with Crippen molar-refractivity contribution in [3.05, 3.63) is 59.7 Å². The first kappa shape index (κ1) is 18.6. The van der Waals surface area contributed by atoms with Crippen LogP contribution >= 0.6 is 0 Å². The Kier molecular flexibility index (Phi) is 6.42. The van der Waals surface area contributed by atoms with Gasteiger partial charge in [-0.1, -0.05) is 36.4 Å². The molecule has 1 heterocycles. The average Bonchev–Trinajstić information content (AvgIpc) is 2.69. The molecule has 1 amide bonds. The molecule has 0 atom stereocenters. The van der Waals surface area contributed by atoms with E-state index in [1.807, 2.05) is 35.2 Å². The molecule has 0 spiro atoms. The summed E-state index contributed by atoms with van der Waals surface area (Å²) in [5.74, 6) is 0.121. The van der Waals surface area contributed by atoms with E-state index in [2.05, 4.69) is 30.0 Å². The van der Waals surface area contributed by atoms with Crippen LogP contribution < -0.4 is 0 Å². The molecular formula is C22H28N2O2. The lowest BCUT2D eigenvalue weighted by atomic mass is 9.98. The van der Waals surface area contributed by atoms with Crippen molar-refractivity contribution in [3.63, 3.8) is 0 Å². The van der Waals surface area contributed by atoms with Gasteiger partial charge in [-0.25, -0.2) is 0 Å². The standard InChI is InChI=1S/C22H28N2O2/c1-18-7-2-3-10-21(18)19-8-6-9-20(17-19)22(26)24-14-12-23(13-15-24)11-4-5-16-25/h2-3,6-10,17,25H,4-5,11-16H2,1H3. The van der Waals surface area contributed by atoms with Gasteiger partial charge in [-0.2, -0.15) is 0 Å². The summed E-state index contributed by atoms with van der Waals surface area (Å²) in [5.41, 5.74) is 4.25. The number of rotatable bonds is 6. The number of hydrogen-bond donors (Lipinski definition) is 1. The van der Waals surface area contributed by atoms with Gasteiger partial charge < -0.3 is 10.0 Å². The smallest absolute Gasteiger partial charge is 0.253 e. The van der Waals surface area contributed by atoms with Crippen molar-refractivity contribution in [2.45, 2.75) is 19.8 Å². The number of aryl methyl sites for hydroxylation is 1. The lowest BCUT2D eigenvalue weighted by Gasteiger charge is -2.34. The Balaban J connectivity index is 1.64. The normalized spacial score (nSPS) is 15.2. The van der Waals surface area contributed by atoms with Crippen LogP contribution in [0.1, 0.15) is 28.8 Å². The van der Waals surface area contributed by atoms with E-state index in [1.165, 1.54) is 11.1 Å². The van der Waals surface area contributed by atoms with Gasteiger partial charge >= 0.3 is 0 Å². The van der Waals surface area contributed by atoms with Gasteiger partial charge in [0, 0.05) is 38.3 Å². The first-order valence-corrected chi connectivity index (χ1v) is 9.47. The minimum absolute atomic E-state index is 0.121. The molecule has 0 saturated carbocycles. The van der Waals surface area contributed by atoms with E-state index in [4.69, 9.17) is 5.11 Å². The number of carbonyl (C=O) groups excluding carboxylic acids is 1. The van der Waals surface area contributed by atoms with E-state index >= 15 is 0 Å². The van der Waals surface area contributed by atoms with Crippen LogP contribution in [-0.2, 0) is 0 Å². The SMILES string of the molecule is Cc1ccccc1-c1cccc(C(=O)N2CCN(CCCCO)CC2)c1. The Morgan fingerprint density at radius 1 is 1.00 bits per heavy atom. The fraction of sp³-hybridized carbons (Fsp3) is 0.409. The maximum absolute atomic E-state index is 12.9. The minimum atomic E-state index is 0.121. The quantitative estimate of drug-likeness (QED) is 0.812. The van der Waals surface area contributed by atoms with Crippen LogP contribution in [0.3, 0.4) is 0 Å². The van der Waals surface area contributed by atoms with Crippen molar-refractivity contribution >= 4 is 5.91 Å². The van der Waals surface area contributed by atoms with Crippen molar-refractivity contribution in [2.75, 3.05) is 39.3 Å². The third kappa shape index (κ3) is 4.51. The maximum atomic E-state index is 12.9. The second-order valence-corrected chi connectivity index (χ2v) is 6.96. The number of aliphatic hydroxyl groups is 1. The first-order valence-electron chi connectivity index (χ1n) is 9.47. The third-order valence-corrected chi connectivity index (χ3v) is 5.11. The van der Waals surface area contributed by atoms with Crippen LogP contribution in [0.5, 0.6) is 0 Å². The highest BCUT2D eigenvalue weighted by molar-refractivity contribution is 5.95. The zero-order valence-electron chi connectivity index (χ0n) is 15.5. The van der Waals surface area contributed by atoms with E-state index in [9.17, 15) is 4.79 Å². The molecule has 0 aromatic heterocycles. The first-order chi connectivity index (χ1) is 12.7. The molecule has 26 heavy (non-hydrogen) atoms. The van der Waals surface area contributed by atoms with Gasteiger partial charge in [0.15, 0.2) is 0 Å². The Bertz CT molecular complexity index is 736. The van der Waals surface area contributed by atoms with Crippen molar-refractivity contribution in [1.82, 2.24) is 9.80 Å². The fourth-order valence-electron chi connectivity index (χ4n) is 3.52. The lowest BCUT2D eigenvalue weighted by Crippen LogP contribution is -2.48. The van der Waals surface area contributed by atoms with Crippen LogP contribution in [0.25, 0.3) is 11.1 Å². The summed E-state index contributed by atoms with van der Waals surface area (Å²) < 4.78 is 0. The van der Waals surface area contributed by atoms with E-state index in [0.29, 0.717) is 0 Å². The zero-order chi connectivity index (χ0) is 18.4. The molecule has 0 unspecified atom stereocenters. The number of hydrogen-bond acceptors (Lipinski definition) is 3. The summed E-state index contributed by atoms with van der Waals surface area (Å²) in [7, 11) is 0. The molecule has 4 heteroatoms. The van der Waals surface area contributed by atoms with Crippen LogP contribution in [0.15, 0.2) is 48.5 Å². The summed E-state index contributed by atoms with van der Waals surface area (Å²) in [4.78, 5) is 17.2. The zero-order valence-corrected chi connectivity index (χ0v) is 15.5. The number of amides is 1. The Hall–Kier alpha value is -2.17. The average molecular weight is 352 g/mol. The number of aliphatic hydroxyl groups excluding tert-OH is 1. The molecule has 3 rings (SSSR count). The van der Waals surface area contributed by atoms with Gasteiger partial charge in [0.2, 0.25) is 0 Å². The predicted molar refractivity (Wildman–Crippen MR) is 105 cm³/mol. The largest absolute Gasteiger partial charge is 0.396 e. The second-order valence-electron chi connectivity index (χ2n) is 6.96. The van der Waals surface area contributed by atoms with Crippen LogP contribution in [0, 0.1) is 6.92 Å². The van der Waals surface area contributed by atoms with Crippen molar-refractivity contribution in [3.8, 4) is 11.1 Å². The minimum Gasteiger partial charge on any atom is -0.396 e. The summed E-state index contributed by atoms with van der Waals surface area (Å²) in [6, 6.07) is 16.2. The Labute approximate surface area is 156 Å². The third-order valence-electron chi connectivity index (χ3n) is 5.11. The number of nitrogens with zero attached hydrogens (tertiary/aromatic N) is 2. The molecule has 138 valence electrons. The number of carbonyl (C=O) groups is 1. The van der Waals surface area contributed by atoms with E-state index in [1.54, 1.807) is 0 Å². The van der Waals surface area contributed by atoms with Crippen LogP contribution in [0.2, 0.25) is 0 Å². The van der Waals surface area contributed by atoms with Gasteiger partial charge in [-0.3, -0.25) is 9.69 Å². The second kappa shape index (κ2) is 8.97. The van der Waals surface area contributed by atoms with Gasteiger partial charge in [0.05, 0.1) is 0 Å². The van der Waals surface area contributed by atoms with Gasteiger partial charge in [0.25, 0.3) is 5.91 Å². The van der Waals surface area contributed by atoms with Gasteiger partial charge in [-0.05, 0) is 55.1 Å². The van der Waals surface area contributed by atoms with E-state index in [0.717, 1.165) is 56.7 Å². The molecule has 1 aliphatic heterocycles. The summed E-state index contributed by atoms with van der Waals surface area (Å²) >= 11 is 0. The topological polar surface area (TPSA) is 43.8 Å². The maximum Gasteiger partial charge on any atom is 0.253 e. The fourth-order valence-corrected chi connectivity index (χ4v) is 3.52. The van der Waals surface area contributed by atoms with Crippen LogP contribution in [-0.4, -0.2) is 60.1 Å². The molecular weight excluding hydrogens is 324 g/mol. The number of unbranched alkanes of at least 4 members (excludes halogenated alkanes) is 1. The van der Waals surface area contributed by atoms with Crippen molar-refractivity contribution in [1.29, 1.82) is 0 Å². The highest BCUT2D eigenvalue weighted by Gasteiger charge is 2.22. The molecule has 1 fully saturated rings. The molecule has 0 aliphatic carbocycles. The molecule has 0 bridgehead atoms. The lowest BCUT2D eigenvalue weighted by molar-refractivity contribution is 0.0634. The highest BCUT2D eigenvalue weighted by atomic mass is 16.2. The molecule has 1 saturated heterocycles. The van der Waals surface area contributed by atoms with Crippen molar-refractivity contribution in [2.24, 2.45) is 0 Å². The molecule has 1 aliphatic rings. The van der Waals surface area contributed by atoms with E-state index < -0.39 is 0 Å². The molecule has 2 aromatic carbocycles. The number of piperazine rings is 1.